The molecule has 0 aromatic heterocycles. The van der Waals surface area contributed by atoms with Gasteiger partial charge < -0.3 is 10.4 Å². The van der Waals surface area contributed by atoms with Crippen molar-refractivity contribution in [2.24, 2.45) is 5.92 Å². The van der Waals surface area contributed by atoms with Crippen molar-refractivity contribution in [1.82, 2.24) is 5.32 Å². The smallest absolute Gasteiger partial charge is 0.109 e. The van der Waals surface area contributed by atoms with Crippen molar-refractivity contribution in [3.05, 3.63) is 0 Å². The molecule has 0 aliphatic heterocycles. The summed E-state index contributed by atoms with van der Waals surface area (Å²) in [5, 5.41) is 21.2. The van der Waals surface area contributed by atoms with E-state index in [-0.39, 0.29) is 12.1 Å². The molecule has 0 aromatic carbocycles. The van der Waals surface area contributed by atoms with Gasteiger partial charge in [-0.05, 0) is 50.2 Å². The molecule has 4 heteroatoms. The van der Waals surface area contributed by atoms with Crippen LogP contribution in [0.5, 0.6) is 0 Å². The van der Waals surface area contributed by atoms with E-state index < -0.39 is 0 Å². The highest BCUT2D eigenvalue weighted by Gasteiger charge is 2.41. The van der Waals surface area contributed by atoms with Crippen molar-refractivity contribution >= 4 is 11.8 Å². The number of hydrogen-bond acceptors (Lipinski definition) is 4. The van der Waals surface area contributed by atoms with Crippen LogP contribution >= 0.6 is 11.8 Å². The van der Waals surface area contributed by atoms with E-state index in [0.29, 0.717) is 5.92 Å². The first kappa shape index (κ1) is 13.8. The maximum atomic E-state index is 9.28. The van der Waals surface area contributed by atoms with Gasteiger partial charge in [-0.3, -0.25) is 0 Å². The number of aliphatic hydroxyl groups excluding tert-OH is 1. The van der Waals surface area contributed by atoms with Crippen LogP contribution in [-0.2, 0) is 0 Å². The highest BCUT2D eigenvalue weighted by Crippen LogP contribution is 2.37. The molecule has 16 heavy (non-hydrogen) atoms. The van der Waals surface area contributed by atoms with Crippen LogP contribution in [0.3, 0.4) is 0 Å². The van der Waals surface area contributed by atoms with E-state index in [9.17, 15) is 5.26 Å². The monoisotopic (exact) mass is 242 g/mol. The molecule has 0 heterocycles. The summed E-state index contributed by atoms with van der Waals surface area (Å²) in [5.41, 5.74) is -0.266. The molecule has 2 unspecified atom stereocenters. The molecule has 2 N–H and O–H groups in total. The summed E-state index contributed by atoms with van der Waals surface area (Å²) in [6, 6.07) is 2.47. The van der Waals surface area contributed by atoms with E-state index in [1.807, 2.05) is 18.8 Å². The third kappa shape index (κ3) is 3.38. The number of nitrogens with zero attached hydrogens (tertiary/aromatic N) is 1. The lowest BCUT2D eigenvalue weighted by molar-refractivity contribution is 0.296. The van der Waals surface area contributed by atoms with Gasteiger partial charge in [0.1, 0.15) is 5.54 Å². The van der Waals surface area contributed by atoms with E-state index >= 15 is 0 Å². The fraction of sp³-hybridized carbons (Fsp3) is 0.917. The summed E-state index contributed by atoms with van der Waals surface area (Å²) in [6.07, 6.45) is 5.33. The lowest BCUT2D eigenvalue weighted by Gasteiger charge is -2.28. The molecule has 92 valence electrons. The molecule has 1 rings (SSSR count). The molecule has 0 saturated heterocycles. The summed E-state index contributed by atoms with van der Waals surface area (Å²) in [4.78, 5) is 0. The quantitative estimate of drug-likeness (QED) is 0.668. The first-order valence-electron chi connectivity index (χ1n) is 6.08. The van der Waals surface area contributed by atoms with Gasteiger partial charge in [-0.25, -0.2) is 0 Å². The molecule has 0 amide bonds. The minimum Gasteiger partial charge on any atom is -0.396 e. The van der Waals surface area contributed by atoms with E-state index in [1.165, 1.54) is 12.8 Å². The van der Waals surface area contributed by atoms with Gasteiger partial charge in [0.05, 0.1) is 6.07 Å². The fourth-order valence-electron chi connectivity index (χ4n) is 2.50. The standard InChI is InChI=1S/C12H22N2OS/c1-14-12(10-13)6-2-4-11(12)5-9-16-8-3-7-15/h11,14-15H,2-9H2,1H3. The third-order valence-corrected chi connectivity index (χ3v) is 4.63. The second kappa shape index (κ2) is 7.16. The Morgan fingerprint density at radius 3 is 3.00 bits per heavy atom. The first-order chi connectivity index (χ1) is 7.79. The van der Waals surface area contributed by atoms with Crippen molar-refractivity contribution in [3.63, 3.8) is 0 Å². The zero-order valence-electron chi connectivity index (χ0n) is 10.0. The second-order valence-electron chi connectivity index (χ2n) is 4.40. The van der Waals surface area contributed by atoms with Crippen molar-refractivity contribution in [3.8, 4) is 6.07 Å². The predicted molar refractivity (Wildman–Crippen MR) is 68.4 cm³/mol. The van der Waals surface area contributed by atoms with Gasteiger partial charge in [0.15, 0.2) is 0 Å². The van der Waals surface area contributed by atoms with Gasteiger partial charge in [0, 0.05) is 6.61 Å². The number of nitriles is 1. The molecule has 1 aliphatic rings. The zero-order valence-corrected chi connectivity index (χ0v) is 10.9. The Bertz CT molecular complexity index is 242. The van der Waals surface area contributed by atoms with Crippen LogP contribution in [0.1, 0.15) is 32.1 Å². The van der Waals surface area contributed by atoms with Gasteiger partial charge in [0.2, 0.25) is 0 Å². The molecule has 3 nitrogen and oxygen atoms in total. The van der Waals surface area contributed by atoms with Crippen LogP contribution < -0.4 is 5.32 Å². The number of thioether (sulfide) groups is 1. The Labute approximate surface area is 103 Å². The fourth-order valence-corrected chi connectivity index (χ4v) is 3.48. The van der Waals surface area contributed by atoms with Crippen molar-refractivity contribution in [1.29, 1.82) is 5.26 Å². The molecule has 0 spiro atoms. The van der Waals surface area contributed by atoms with Crippen LogP contribution in [0.15, 0.2) is 0 Å². The largest absolute Gasteiger partial charge is 0.396 e. The number of hydrogen-bond donors (Lipinski definition) is 2. The summed E-state index contributed by atoms with van der Waals surface area (Å²) >= 11 is 1.89. The van der Waals surface area contributed by atoms with Crippen molar-refractivity contribution < 1.29 is 5.11 Å². The topological polar surface area (TPSA) is 56.0 Å². The zero-order chi connectivity index (χ0) is 11.9. The number of aliphatic hydroxyl groups is 1. The second-order valence-corrected chi connectivity index (χ2v) is 5.63. The van der Waals surface area contributed by atoms with Gasteiger partial charge >= 0.3 is 0 Å². The van der Waals surface area contributed by atoms with Crippen LogP contribution in [0.4, 0.5) is 0 Å². The van der Waals surface area contributed by atoms with Crippen molar-refractivity contribution in [2.45, 2.75) is 37.6 Å². The maximum Gasteiger partial charge on any atom is 0.109 e. The van der Waals surface area contributed by atoms with E-state index in [1.54, 1.807) is 0 Å². The van der Waals surface area contributed by atoms with E-state index in [4.69, 9.17) is 5.11 Å². The average Bonchev–Trinajstić information content (AvgIpc) is 2.72. The molecule has 1 fully saturated rings. The van der Waals surface area contributed by atoms with Crippen LogP contribution in [0.25, 0.3) is 0 Å². The van der Waals surface area contributed by atoms with Crippen LogP contribution in [-0.4, -0.2) is 35.8 Å². The predicted octanol–water partition coefficient (Wildman–Crippen LogP) is 1.77. The Balaban J connectivity index is 2.28. The lowest BCUT2D eigenvalue weighted by Crippen LogP contribution is -2.44. The van der Waals surface area contributed by atoms with Crippen LogP contribution in [0, 0.1) is 17.2 Å². The highest BCUT2D eigenvalue weighted by atomic mass is 32.2. The molecular formula is C12H22N2OS. The minimum absolute atomic E-state index is 0.266. The molecule has 1 saturated carbocycles. The lowest BCUT2D eigenvalue weighted by atomic mass is 9.87. The first-order valence-corrected chi connectivity index (χ1v) is 7.23. The Kier molecular flexibility index (Phi) is 6.18. The average molecular weight is 242 g/mol. The van der Waals surface area contributed by atoms with Gasteiger partial charge in [0.25, 0.3) is 0 Å². The third-order valence-electron chi connectivity index (χ3n) is 3.52. The van der Waals surface area contributed by atoms with E-state index in [2.05, 4.69) is 11.4 Å². The molecule has 2 atom stereocenters. The molecular weight excluding hydrogens is 220 g/mol. The SMILES string of the molecule is CNC1(C#N)CCCC1CCSCCCO. The molecule has 0 radical (unpaired) electrons. The van der Waals surface area contributed by atoms with Crippen LogP contribution in [0.2, 0.25) is 0 Å². The number of nitrogens with one attached hydrogen (secondary N) is 1. The molecule has 1 aliphatic carbocycles. The summed E-state index contributed by atoms with van der Waals surface area (Å²) < 4.78 is 0. The van der Waals surface area contributed by atoms with Gasteiger partial charge in [-0.2, -0.15) is 17.0 Å². The van der Waals surface area contributed by atoms with Gasteiger partial charge in [-0.15, -0.1) is 0 Å². The Morgan fingerprint density at radius 1 is 1.56 bits per heavy atom. The molecule has 0 aromatic rings. The highest BCUT2D eigenvalue weighted by molar-refractivity contribution is 7.99. The summed E-state index contributed by atoms with van der Waals surface area (Å²) in [5.74, 6) is 2.64. The Hall–Kier alpha value is -0.240. The summed E-state index contributed by atoms with van der Waals surface area (Å²) in [6.45, 7) is 0.287. The van der Waals surface area contributed by atoms with Gasteiger partial charge in [-0.1, -0.05) is 6.42 Å². The number of rotatable bonds is 7. The maximum absolute atomic E-state index is 9.28. The Morgan fingerprint density at radius 2 is 2.38 bits per heavy atom. The van der Waals surface area contributed by atoms with E-state index in [0.717, 1.165) is 30.8 Å². The minimum atomic E-state index is -0.266. The normalized spacial score (nSPS) is 29.2. The summed E-state index contributed by atoms with van der Waals surface area (Å²) in [7, 11) is 1.90. The molecule has 0 bridgehead atoms. The van der Waals surface area contributed by atoms with Crippen molar-refractivity contribution in [2.75, 3.05) is 25.2 Å².